The van der Waals surface area contributed by atoms with E-state index in [9.17, 15) is 10.1 Å². The Kier molecular flexibility index (Phi) is 2.95. The number of nitro groups is 1. The molecule has 0 spiro atoms. The molecule has 0 aromatic carbocycles. The highest BCUT2D eigenvalue weighted by Gasteiger charge is 2.07. The summed E-state index contributed by atoms with van der Waals surface area (Å²) in [6, 6.07) is 8.21. The topological polar surface area (TPSA) is 78.2 Å². The molecule has 2 aromatic rings. The molecule has 0 unspecified atom stereocenters. The van der Waals surface area contributed by atoms with Crippen LogP contribution in [0.4, 0.5) is 5.69 Å². The summed E-state index contributed by atoms with van der Waals surface area (Å²) < 4.78 is 4.99. The van der Waals surface area contributed by atoms with Crippen molar-refractivity contribution in [1.82, 2.24) is 9.97 Å². The van der Waals surface area contributed by atoms with Gasteiger partial charge in [0.2, 0.25) is 5.88 Å². The van der Waals surface area contributed by atoms with E-state index in [0.717, 1.165) is 0 Å². The molecule has 2 aromatic heterocycles. The summed E-state index contributed by atoms with van der Waals surface area (Å²) in [5.74, 6) is 0.475. The molecule has 6 heteroatoms. The van der Waals surface area contributed by atoms with Crippen molar-refractivity contribution in [3.63, 3.8) is 0 Å². The van der Waals surface area contributed by atoms with Gasteiger partial charge in [0.25, 0.3) is 5.69 Å². The number of aromatic nitrogens is 2. The van der Waals surface area contributed by atoms with Crippen molar-refractivity contribution in [2.75, 3.05) is 7.11 Å². The van der Waals surface area contributed by atoms with E-state index in [-0.39, 0.29) is 5.69 Å². The average molecular weight is 231 g/mol. The van der Waals surface area contributed by atoms with Gasteiger partial charge < -0.3 is 4.74 Å². The highest BCUT2D eigenvalue weighted by molar-refractivity contribution is 5.55. The molecule has 0 aliphatic carbocycles. The summed E-state index contributed by atoms with van der Waals surface area (Å²) in [6.07, 6.45) is 1.20. The van der Waals surface area contributed by atoms with Gasteiger partial charge in [-0.25, -0.2) is 9.97 Å². The summed E-state index contributed by atoms with van der Waals surface area (Å²) in [7, 11) is 1.52. The van der Waals surface area contributed by atoms with Crippen molar-refractivity contribution in [2.45, 2.75) is 0 Å². The molecule has 0 fully saturated rings. The maximum absolute atomic E-state index is 10.5. The van der Waals surface area contributed by atoms with Crippen LogP contribution in [0.15, 0.2) is 36.5 Å². The monoisotopic (exact) mass is 231 g/mol. The van der Waals surface area contributed by atoms with E-state index in [1.807, 2.05) is 0 Å². The minimum absolute atomic E-state index is 0.0448. The Balaban J connectivity index is 2.36. The molecule has 6 nitrogen and oxygen atoms in total. The normalized spacial score (nSPS) is 9.94. The summed E-state index contributed by atoms with van der Waals surface area (Å²) in [5, 5.41) is 10.5. The Morgan fingerprint density at radius 1 is 1.24 bits per heavy atom. The minimum Gasteiger partial charge on any atom is -0.481 e. The highest BCUT2D eigenvalue weighted by Crippen LogP contribution is 2.19. The van der Waals surface area contributed by atoms with Crippen LogP contribution in [-0.4, -0.2) is 22.0 Å². The molecule has 2 rings (SSSR count). The maximum atomic E-state index is 10.5. The number of pyridine rings is 2. The summed E-state index contributed by atoms with van der Waals surface area (Å²) in [5.41, 5.74) is 1.13. The third-order valence-electron chi connectivity index (χ3n) is 2.15. The lowest BCUT2D eigenvalue weighted by Gasteiger charge is -2.02. The standard InChI is InChI=1S/C11H9N3O3/c1-17-11-4-2-3-10(13-11)9-6-5-8(7-12-9)14(15)16/h2-7H,1H3. The van der Waals surface area contributed by atoms with Gasteiger partial charge in [0.1, 0.15) is 6.20 Å². The quantitative estimate of drug-likeness (QED) is 0.596. The first-order valence-corrected chi connectivity index (χ1v) is 4.82. The van der Waals surface area contributed by atoms with Crippen molar-refractivity contribution >= 4 is 5.69 Å². The average Bonchev–Trinajstić information content (AvgIpc) is 2.39. The Hall–Kier alpha value is -2.50. The van der Waals surface area contributed by atoms with Gasteiger partial charge in [-0.2, -0.15) is 0 Å². The number of hydrogen-bond donors (Lipinski definition) is 0. The summed E-state index contributed by atoms with van der Waals surface area (Å²) in [4.78, 5) is 18.2. The van der Waals surface area contributed by atoms with E-state index in [4.69, 9.17) is 4.74 Å². The molecular weight excluding hydrogens is 222 g/mol. The van der Waals surface area contributed by atoms with Crippen LogP contribution < -0.4 is 4.74 Å². The number of rotatable bonds is 3. The fraction of sp³-hybridized carbons (Fsp3) is 0.0909. The molecule has 0 aliphatic rings. The molecule has 0 aliphatic heterocycles. The van der Waals surface area contributed by atoms with Gasteiger partial charge in [0, 0.05) is 12.1 Å². The van der Waals surface area contributed by atoms with E-state index in [1.54, 1.807) is 24.3 Å². The van der Waals surface area contributed by atoms with E-state index < -0.39 is 4.92 Å². The molecule has 0 bridgehead atoms. The third-order valence-corrected chi connectivity index (χ3v) is 2.15. The van der Waals surface area contributed by atoms with Crippen LogP contribution in [-0.2, 0) is 0 Å². The van der Waals surface area contributed by atoms with Gasteiger partial charge in [-0.3, -0.25) is 10.1 Å². The summed E-state index contributed by atoms with van der Waals surface area (Å²) >= 11 is 0. The highest BCUT2D eigenvalue weighted by atomic mass is 16.6. The molecule has 0 saturated carbocycles. The second kappa shape index (κ2) is 4.56. The van der Waals surface area contributed by atoms with Gasteiger partial charge in [-0.1, -0.05) is 6.07 Å². The van der Waals surface area contributed by atoms with Gasteiger partial charge in [0.15, 0.2) is 0 Å². The Morgan fingerprint density at radius 3 is 2.65 bits per heavy atom. The van der Waals surface area contributed by atoms with Gasteiger partial charge >= 0.3 is 0 Å². The predicted octanol–water partition coefficient (Wildman–Crippen LogP) is 2.06. The molecule has 2 heterocycles. The molecule has 17 heavy (non-hydrogen) atoms. The first kappa shape index (κ1) is 11.0. The van der Waals surface area contributed by atoms with Crippen molar-refractivity contribution in [2.24, 2.45) is 0 Å². The predicted molar refractivity (Wildman–Crippen MR) is 60.7 cm³/mol. The SMILES string of the molecule is COc1cccc(-c2ccc([N+](=O)[O-])cn2)n1. The lowest BCUT2D eigenvalue weighted by molar-refractivity contribution is -0.385. The van der Waals surface area contributed by atoms with E-state index in [2.05, 4.69) is 9.97 Å². The number of hydrogen-bond acceptors (Lipinski definition) is 5. The van der Waals surface area contributed by atoms with Crippen molar-refractivity contribution in [3.8, 4) is 17.3 Å². The zero-order valence-corrected chi connectivity index (χ0v) is 9.03. The second-order valence-corrected chi connectivity index (χ2v) is 3.22. The third kappa shape index (κ3) is 2.36. The van der Waals surface area contributed by atoms with Gasteiger partial charge in [-0.05, 0) is 12.1 Å². The minimum atomic E-state index is -0.490. The first-order chi connectivity index (χ1) is 8.20. The molecule has 0 saturated heterocycles. The summed E-state index contributed by atoms with van der Waals surface area (Å²) in [6.45, 7) is 0. The molecule has 0 N–H and O–H groups in total. The smallest absolute Gasteiger partial charge is 0.287 e. The fourth-order valence-electron chi connectivity index (χ4n) is 1.32. The number of nitrogens with zero attached hydrogens (tertiary/aromatic N) is 3. The Bertz CT molecular complexity index is 540. The van der Waals surface area contributed by atoms with Gasteiger partial charge in [-0.15, -0.1) is 0 Å². The van der Waals surface area contributed by atoms with Crippen molar-refractivity contribution in [3.05, 3.63) is 46.6 Å². The fourth-order valence-corrected chi connectivity index (χ4v) is 1.32. The number of methoxy groups -OCH3 is 1. The van der Waals surface area contributed by atoms with E-state index >= 15 is 0 Å². The Labute approximate surface area is 97.1 Å². The van der Waals surface area contributed by atoms with Crippen LogP contribution in [0.5, 0.6) is 5.88 Å². The van der Waals surface area contributed by atoms with Crippen molar-refractivity contribution in [1.29, 1.82) is 0 Å². The van der Waals surface area contributed by atoms with Crippen molar-refractivity contribution < 1.29 is 9.66 Å². The van der Waals surface area contributed by atoms with Crippen LogP contribution in [0, 0.1) is 10.1 Å². The van der Waals surface area contributed by atoms with Crippen LogP contribution in [0.2, 0.25) is 0 Å². The first-order valence-electron chi connectivity index (χ1n) is 4.82. The molecule has 0 radical (unpaired) electrons. The Morgan fingerprint density at radius 2 is 2.06 bits per heavy atom. The van der Waals surface area contributed by atoms with Crippen LogP contribution in [0.3, 0.4) is 0 Å². The lowest BCUT2D eigenvalue weighted by atomic mass is 10.2. The van der Waals surface area contributed by atoms with Gasteiger partial charge in [0.05, 0.1) is 23.4 Å². The molecule has 0 atom stereocenters. The largest absolute Gasteiger partial charge is 0.481 e. The maximum Gasteiger partial charge on any atom is 0.287 e. The number of ether oxygens (including phenoxy) is 1. The van der Waals surface area contributed by atoms with E-state index in [0.29, 0.717) is 17.3 Å². The molecule has 0 amide bonds. The van der Waals surface area contributed by atoms with Crippen LogP contribution >= 0.6 is 0 Å². The molecular formula is C11H9N3O3. The van der Waals surface area contributed by atoms with Crippen LogP contribution in [0.1, 0.15) is 0 Å². The zero-order chi connectivity index (χ0) is 12.3. The van der Waals surface area contributed by atoms with E-state index in [1.165, 1.54) is 19.4 Å². The van der Waals surface area contributed by atoms with Crippen LogP contribution in [0.25, 0.3) is 11.4 Å². The second-order valence-electron chi connectivity index (χ2n) is 3.22. The zero-order valence-electron chi connectivity index (χ0n) is 9.03. The lowest BCUT2D eigenvalue weighted by Crippen LogP contribution is -1.93. The molecule has 86 valence electrons.